The first-order valence-corrected chi connectivity index (χ1v) is 18.4. The number of aryl methyl sites for hydroxylation is 1. The van der Waals surface area contributed by atoms with Gasteiger partial charge in [-0.25, -0.2) is 22.5 Å². The number of halogens is 7. The van der Waals surface area contributed by atoms with Gasteiger partial charge in [-0.05, 0) is 74.4 Å². The highest BCUT2D eigenvalue weighted by molar-refractivity contribution is 6.37. The highest BCUT2D eigenvalue weighted by Crippen LogP contribution is 2.68. The maximum atomic E-state index is 15.4. The quantitative estimate of drug-likeness (QED) is 0.0956. The zero-order valence-corrected chi connectivity index (χ0v) is 31.9. The summed E-state index contributed by atoms with van der Waals surface area (Å²) in [5.41, 5.74) is -2.03. The Morgan fingerprint density at radius 3 is 2.47 bits per heavy atom. The number of benzene rings is 2. The van der Waals surface area contributed by atoms with Crippen molar-refractivity contribution < 1.29 is 45.6 Å². The van der Waals surface area contributed by atoms with Crippen molar-refractivity contribution in [2.75, 3.05) is 5.32 Å². The maximum Gasteiger partial charge on any atom is 0.295 e. The zero-order chi connectivity index (χ0) is 42.1. The number of carbonyl (C=O) groups is 2. The fourth-order valence-corrected chi connectivity index (χ4v) is 7.82. The van der Waals surface area contributed by atoms with E-state index in [1.807, 2.05) is 0 Å². The Labute approximate surface area is 335 Å². The van der Waals surface area contributed by atoms with Crippen LogP contribution >= 0.6 is 11.6 Å². The smallest absolute Gasteiger partial charge is 0.295 e. The van der Waals surface area contributed by atoms with Gasteiger partial charge < -0.3 is 20.3 Å². The van der Waals surface area contributed by atoms with Gasteiger partial charge in [0.25, 0.3) is 18.3 Å². The second-order valence-corrected chi connectivity index (χ2v) is 15.2. The number of pyridine rings is 1. The molecule has 1 saturated carbocycles. The highest BCUT2D eigenvalue weighted by Gasteiger charge is 2.67. The molecule has 2 amide bonds. The number of anilines is 1. The van der Waals surface area contributed by atoms with E-state index in [0.717, 1.165) is 12.1 Å². The van der Waals surface area contributed by atoms with E-state index in [9.17, 15) is 32.3 Å². The number of amides is 2. The molecular formula is C40H31ClF6N8O4. The van der Waals surface area contributed by atoms with Crippen LogP contribution in [-0.4, -0.2) is 52.2 Å². The van der Waals surface area contributed by atoms with Crippen molar-refractivity contribution in [3.05, 3.63) is 111 Å². The number of nitrogens with zero attached hydrogens (tertiary/aromatic N) is 6. The Morgan fingerprint density at radius 1 is 1.07 bits per heavy atom. The van der Waals surface area contributed by atoms with E-state index >= 15 is 8.78 Å². The van der Waals surface area contributed by atoms with Gasteiger partial charge in [-0.3, -0.25) is 19.0 Å². The summed E-state index contributed by atoms with van der Waals surface area (Å²) in [6, 6.07) is 9.02. The predicted octanol–water partition coefficient (Wildman–Crippen LogP) is 7.37. The number of rotatable bonds is 10. The molecule has 1 fully saturated rings. The van der Waals surface area contributed by atoms with Crippen LogP contribution in [-0.2, 0) is 30.7 Å². The molecule has 0 aliphatic heterocycles. The molecule has 4 heterocycles. The van der Waals surface area contributed by atoms with Crippen LogP contribution in [0.15, 0.2) is 59.3 Å². The first-order chi connectivity index (χ1) is 27.9. The standard InChI is InChI=1S/C40H31ClF6N8O4/c1-39(2,58)10-8-21-4-5-22(23-6-7-26(41)31-34(23)54(3)53-37(31)51-38(57)28-9-11-48-59-28)32(49-21)27(14-18-12-19(42)15-20(43)13-18)50-29(56)17-55-35-30(33(52-55)36(44)45)24-16-25(24)40(35,46)47/h4-7,9,11-13,15,24-25,27,36,58H,14,16-17H2,1-3H3,(H,50,56)(H,51,53,57)/t24-,25+,27?/m0/s1. The van der Waals surface area contributed by atoms with E-state index in [1.165, 1.54) is 42.9 Å². The SMILES string of the molecule is Cn1nc(NC(=O)c2ccno2)c2c(Cl)ccc(-c3ccc(C#CC(C)(C)O)nc3C(Cc3cc(F)cc(F)c3)NC(=O)Cn3nc(C(F)F)c4c3C(F)(F)[C@@H]3C[C@H]43)c21. The summed E-state index contributed by atoms with van der Waals surface area (Å²) in [5, 5.41) is 28.0. The van der Waals surface area contributed by atoms with Gasteiger partial charge in [0.05, 0.1) is 33.9 Å². The fraction of sp³-hybridized carbons (Fsp3) is 0.300. The lowest BCUT2D eigenvalue weighted by Crippen LogP contribution is -2.35. The molecule has 0 saturated heterocycles. The molecule has 4 aromatic heterocycles. The summed E-state index contributed by atoms with van der Waals surface area (Å²) >= 11 is 6.70. The molecule has 59 heavy (non-hydrogen) atoms. The zero-order valence-electron chi connectivity index (χ0n) is 31.1. The Kier molecular flexibility index (Phi) is 9.79. The molecule has 0 spiro atoms. The van der Waals surface area contributed by atoms with Crippen LogP contribution in [0.4, 0.5) is 32.2 Å². The van der Waals surface area contributed by atoms with Gasteiger partial charge >= 0.3 is 0 Å². The van der Waals surface area contributed by atoms with E-state index in [-0.39, 0.29) is 57.3 Å². The van der Waals surface area contributed by atoms with Gasteiger partial charge in [0.2, 0.25) is 11.7 Å². The Bertz CT molecular complexity index is 2710. The number of aromatic nitrogens is 6. The number of fused-ring (bicyclic) bond motifs is 4. The van der Waals surface area contributed by atoms with Crippen LogP contribution in [0, 0.1) is 29.4 Å². The van der Waals surface area contributed by atoms with Crippen LogP contribution in [0.1, 0.15) is 83.1 Å². The topological polar surface area (TPSA) is 153 Å². The molecule has 3 N–H and O–H groups in total. The van der Waals surface area contributed by atoms with Gasteiger partial charge in [0, 0.05) is 41.8 Å². The van der Waals surface area contributed by atoms with Crippen molar-refractivity contribution in [3.8, 4) is 23.0 Å². The third-order valence-corrected chi connectivity index (χ3v) is 10.3. The maximum absolute atomic E-state index is 15.4. The van der Waals surface area contributed by atoms with Crippen molar-refractivity contribution >= 4 is 40.1 Å². The molecule has 304 valence electrons. The minimum atomic E-state index is -3.50. The van der Waals surface area contributed by atoms with Crippen molar-refractivity contribution in [2.45, 2.75) is 63.1 Å². The van der Waals surface area contributed by atoms with Crippen LogP contribution in [0.5, 0.6) is 0 Å². The van der Waals surface area contributed by atoms with Crippen molar-refractivity contribution in [1.82, 2.24) is 35.0 Å². The molecule has 19 heteroatoms. The molecular weight excluding hydrogens is 806 g/mol. The summed E-state index contributed by atoms with van der Waals surface area (Å²) in [4.78, 5) is 31.7. The second kappa shape index (κ2) is 14.6. The fourth-order valence-electron chi connectivity index (χ4n) is 7.57. The van der Waals surface area contributed by atoms with Gasteiger partial charge in [-0.1, -0.05) is 28.7 Å². The Hall–Kier alpha value is -6.19. The van der Waals surface area contributed by atoms with Crippen LogP contribution in [0.3, 0.4) is 0 Å². The third kappa shape index (κ3) is 7.51. The molecule has 3 atom stereocenters. The summed E-state index contributed by atoms with van der Waals surface area (Å²) in [5.74, 6) is -3.59. The number of alkyl halides is 4. The minimum absolute atomic E-state index is 0.0228. The summed E-state index contributed by atoms with van der Waals surface area (Å²) < 4.78 is 95.2. The van der Waals surface area contributed by atoms with Crippen LogP contribution < -0.4 is 10.6 Å². The number of nitrogens with one attached hydrogen (secondary N) is 2. The monoisotopic (exact) mass is 836 g/mol. The van der Waals surface area contributed by atoms with E-state index in [1.54, 1.807) is 19.2 Å². The van der Waals surface area contributed by atoms with Gasteiger partial charge in [0.15, 0.2) is 5.82 Å². The lowest BCUT2D eigenvalue weighted by molar-refractivity contribution is -0.123. The van der Waals surface area contributed by atoms with E-state index < -0.39 is 77.2 Å². The molecule has 0 radical (unpaired) electrons. The number of aliphatic hydroxyl groups is 1. The first-order valence-electron chi connectivity index (χ1n) is 18.0. The van der Waals surface area contributed by atoms with Crippen molar-refractivity contribution in [1.29, 1.82) is 0 Å². The molecule has 12 nitrogen and oxygen atoms in total. The molecule has 8 rings (SSSR count). The molecule has 2 aliphatic rings. The number of hydrogen-bond donors (Lipinski definition) is 3. The highest BCUT2D eigenvalue weighted by atomic mass is 35.5. The van der Waals surface area contributed by atoms with E-state index in [2.05, 4.69) is 37.8 Å². The summed E-state index contributed by atoms with van der Waals surface area (Å²) in [7, 11) is 1.58. The largest absolute Gasteiger partial charge is 0.378 e. The van der Waals surface area contributed by atoms with E-state index in [0.29, 0.717) is 27.4 Å². The average Bonchev–Trinajstić information content (AvgIpc) is 3.40. The van der Waals surface area contributed by atoms with E-state index in [4.69, 9.17) is 21.1 Å². The Balaban J connectivity index is 1.26. The predicted molar refractivity (Wildman–Crippen MR) is 199 cm³/mol. The van der Waals surface area contributed by atoms with Crippen molar-refractivity contribution in [3.63, 3.8) is 0 Å². The molecule has 2 aromatic carbocycles. The molecule has 1 unspecified atom stereocenters. The molecule has 2 aliphatic carbocycles. The normalized spacial score (nSPS) is 17.0. The van der Waals surface area contributed by atoms with Gasteiger partial charge in [-0.2, -0.15) is 19.0 Å². The third-order valence-electron chi connectivity index (χ3n) is 10.0. The first kappa shape index (κ1) is 39.6. The van der Waals surface area contributed by atoms with Crippen LogP contribution in [0.2, 0.25) is 5.02 Å². The second-order valence-electron chi connectivity index (χ2n) is 14.8. The lowest BCUT2D eigenvalue weighted by atomic mass is 9.93. The summed E-state index contributed by atoms with van der Waals surface area (Å²) in [6.07, 6.45) is -2.19. The van der Waals surface area contributed by atoms with Crippen LogP contribution in [0.25, 0.3) is 22.0 Å². The van der Waals surface area contributed by atoms with Gasteiger partial charge in [-0.15, -0.1) is 0 Å². The van der Waals surface area contributed by atoms with Crippen molar-refractivity contribution in [2.24, 2.45) is 13.0 Å². The lowest BCUT2D eigenvalue weighted by Gasteiger charge is -2.23. The number of hydrogen-bond acceptors (Lipinski definition) is 8. The van der Waals surface area contributed by atoms with Gasteiger partial charge in [0.1, 0.15) is 40.9 Å². The molecule has 0 bridgehead atoms. The minimum Gasteiger partial charge on any atom is -0.378 e. The average molecular weight is 837 g/mol. The molecule has 6 aromatic rings. The Morgan fingerprint density at radius 2 is 1.80 bits per heavy atom. The number of carbonyl (C=O) groups excluding carboxylic acids is 2. The summed E-state index contributed by atoms with van der Waals surface area (Å²) in [6.45, 7) is 1.98.